The SMILES string of the molecule is CN(Cc1cn[nH]c1-c1ccc(F)cc1)C(=O)[C@@H]1CCC(=O)N(C2CCCC2)C1. The van der Waals surface area contributed by atoms with Crippen molar-refractivity contribution >= 4 is 11.8 Å². The van der Waals surface area contributed by atoms with Crippen molar-refractivity contribution in [1.82, 2.24) is 20.0 Å². The number of aromatic nitrogens is 2. The zero-order chi connectivity index (χ0) is 20.4. The van der Waals surface area contributed by atoms with E-state index < -0.39 is 0 Å². The Morgan fingerprint density at radius 3 is 2.69 bits per heavy atom. The molecular formula is C22H27FN4O2. The summed E-state index contributed by atoms with van der Waals surface area (Å²) < 4.78 is 13.2. The Balaban J connectivity index is 1.43. The highest BCUT2D eigenvalue weighted by Crippen LogP contribution is 2.30. The van der Waals surface area contributed by atoms with Crippen LogP contribution < -0.4 is 0 Å². The first kappa shape index (κ1) is 19.6. The fourth-order valence-corrected chi connectivity index (χ4v) is 4.58. The maximum absolute atomic E-state index is 13.2. The molecule has 2 aromatic rings. The maximum Gasteiger partial charge on any atom is 0.227 e. The molecule has 0 unspecified atom stereocenters. The van der Waals surface area contributed by atoms with Crippen molar-refractivity contribution < 1.29 is 14.0 Å². The molecule has 1 aliphatic heterocycles. The number of carbonyl (C=O) groups excluding carboxylic acids is 2. The number of nitrogens with zero attached hydrogens (tertiary/aromatic N) is 3. The molecule has 1 aromatic heterocycles. The summed E-state index contributed by atoms with van der Waals surface area (Å²) in [6.07, 6.45) is 7.21. The van der Waals surface area contributed by atoms with Crippen LogP contribution in [0.5, 0.6) is 0 Å². The van der Waals surface area contributed by atoms with Crippen LogP contribution in [0.15, 0.2) is 30.5 Å². The second-order valence-electron chi connectivity index (χ2n) is 8.19. The van der Waals surface area contributed by atoms with Gasteiger partial charge < -0.3 is 9.80 Å². The summed E-state index contributed by atoms with van der Waals surface area (Å²) in [5, 5.41) is 7.06. The molecule has 0 bridgehead atoms. The van der Waals surface area contributed by atoms with Crippen molar-refractivity contribution in [2.75, 3.05) is 13.6 Å². The van der Waals surface area contributed by atoms with Crippen molar-refractivity contribution in [1.29, 1.82) is 0 Å². The first-order chi connectivity index (χ1) is 14.0. The number of benzene rings is 1. The molecule has 2 aliphatic rings. The predicted molar refractivity (Wildman–Crippen MR) is 107 cm³/mol. The number of nitrogens with one attached hydrogen (secondary N) is 1. The Morgan fingerprint density at radius 1 is 1.24 bits per heavy atom. The standard InChI is InChI=1S/C22H27FN4O2/c1-26(13-17-12-24-25-21(17)15-6-9-18(23)10-7-15)22(29)16-8-11-20(28)27(14-16)19-4-2-3-5-19/h6-7,9-10,12,16,19H,2-5,8,11,13-14H2,1H3,(H,24,25)/t16-/m1/s1. The lowest BCUT2D eigenvalue weighted by Gasteiger charge is -2.37. The van der Waals surface area contributed by atoms with Crippen LogP contribution in [0.2, 0.25) is 0 Å². The van der Waals surface area contributed by atoms with Crippen LogP contribution in [0.3, 0.4) is 0 Å². The maximum atomic E-state index is 13.2. The molecular weight excluding hydrogens is 371 g/mol. The smallest absolute Gasteiger partial charge is 0.227 e. The van der Waals surface area contributed by atoms with E-state index in [1.807, 2.05) is 4.90 Å². The largest absolute Gasteiger partial charge is 0.341 e. The van der Waals surface area contributed by atoms with Crippen LogP contribution in [0, 0.1) is 11.7 Å². The highest BCUT2D eigenvalue weighted by atomic mass is 19.1. The molecule has 1 N–H and O–H groups in total. The molecule has 4 rings (SSSR count). The van der Waals surface area contributed by atoms with E-state index in [0.717, 1.165) is 29.7 Å². The zero-order valence-electron chi connectivity index (χ0n) is 16.7. The van der Waals surface area contributed by atoms with Crippen molar-refractivity contribution in [3.05, 3.63) is 41.8 Å². The van der Waals surface area contributed by atoms with Crippen molar-refractivity contribution in [3.8, 4) is 11.3 Å². The lowest BCUT2D eigenvalue weighted by Crippen LogP contribution is -2.49. The third kappa shape index (κ3) is 4.18. The Labute approximate surface area is 170 Å². The van der Waals surface area contributed by atoms with Crippen LogP contribution >= 0.6 is 0 Å². The molecule has 1 atom stereocenters. The van der Waals surface area contributed by atoms with Crippen LogP contribution in [0.25, 0.3) is 11.3 Å². The van der Waals surface area contributed by atoms with Crippen molar-refractivity contribution in [2.45, 2.75) is 51.1 Å². The van der Waals surface area contributed by atoms with Gasteiger partial charge in [-0.3, -0.25) is 14.7 Å². The molecule has 7 heteroatoms. The molecule has 1 aromatic carbocycles. The highest BCUT2D eigenvalue weighted by Gasteiger charge is 2.36. The highest BCUT2D eigenvalue weighted by molar-refractivity contribution is 5.84. The van der Waals surface area contributed by atoms with Gasteiger partial charge in [-0.1, -0.05) is 12.8 Å². The Morgan fingerprint density at radius 2 is 1.97 bits per heavy atom. The average Bonchev–Trinajstić information content (AvgIpc) is 3.41. The molecule has 0 radical (unpaired) electrons. The monoisotopic (exact) mass is 398 g/mol. The number of aromatic amines is 1. The van der Waals surface area contributed by atoms with Gasteiger partial charge in [0.05, 0.1) is 17.8 Å². The number of carbonyl (C=O) groups is 2. The third-order valence-electron chi connectivity index (χ3n) is 6.19. The molecule has 2 amide bonds. The fraction of sp³-hybridized carbons (Fsp3) is 0.500. The minimum Gasteiger partial charge on any atom is -0.341 e. The lowest BCUT2D eigenvalue weighted by atomic mass is 9.94. The first-order valence-electron chi connectivity index (χ1n) is 10.4. The number of halogens is 1. The van der Waals surface area contributed by atoms with Crippen LogP contribution in [-0.2, 0) is 16.1 Å². The molecule has 154 valence electrons. The van der Waals surface area contributed by atoms with Gasteiger partial charge in [-0.15, -0.1) is 0 Å². The second-order valence-corrected chi connectivity index (χ2v) is 8.19. The number of hydrogen-bond acceptors (Lipinski definition) is 3. The second kappa shape index (κ2) is 8.35. The van der Waals surface area contributed by atoms with Gasteiger partial charge >= 0.3 is 0 Å². The van der Waals surface area contributed by atoms with E-state index in [-0.39, 0.29) is 23.5 Å². The zero-order valence-corrected chi connectivity index (χ0v) is 16.7. The summed E-state index contributed by atoms with van der Waals surface area (Å²) in [5.74, 6) is -0.191. The first-order valence-corrected chi connectivity index (χ1v) is 10.4. The van der Waals surface area contributed by atoms with Gasteiger partial charge in [-0.05, 0) is 43.5 Å². The van der Waals surface area contributed by atoms with Gasteiger partial charge in [-0.25, -0.2) is 4.39 Å². The van der Waals surface area contributed by atoms with E-state index in [0.29, 0.717) is 32.0 Å². The Kier molecular flexibility index (Phi) is 5.65. The van der Waals surface area contributed by atoms with E-state index in [2.05, 4.69) is 10.2 Å². The van der Waals surface area contributed by atoms with Gasteiger partial charge in [0, 0.05) is 43.7 Å². The van der Waals surface area contributed by atoms with E-state index in [4.69, 9.17) is 0 Å². The number of piperidine rings is 1. The molecule has 2 fully saturated rings. The summed E-state index contributed by atoms with van der Waals surface area (Å²) in [6, 6.07) is 6.51. The summed E-state index contributed by atoms with van der Waals surface area (Å²) in [6.45, 7) is 0.943. The molecule has 1 saturated carbocycles. The topological polar surface area (TPSA) is 69.3 Å². The molecule has 2 heterocycles. The summed E-state index contributed by atoms with van der Waals surface area (Å²) >= 11 is 0. The van der Waals surface area contributed by atoms with Crippen LogP contribution in [0.4, 0.5) is 4.39 Å². The van der Waals surface area contributed by atoms with E-state index in [1.54, 1.807) is 30.3 Å². The number of likely N-dealkylation sites (tertiary alicyclic amines) is 1. The predicted octanol–water partition coefficient (Wildman–Crippen LogP) is 3.36. The molecule has 29 heavy (non-hydrogen) atoms. The normalized spacial score (nSPS) is 20.3. The molecule has 1 aliphatic carbocycles. The van der Waals surface area contributed by atoms with Gasteiger partial charge in [-0.2, -0.15) is 5.10 Å². The minimum absolute atomic E-state index is 0.0618. The van der Waals surface area contributed by atoms with Gasteiger partial charge in [0.2, 0.25) is 11.8 Å². The summed E-state index contributed by atoms with van der Waals surface area (Å²) in [7, 11) is 1.79. The van der Waals surface area contributed by atoms with Gasteiger partial charge in [0.15, 0.2) is 0 Å². The average molecular weight is 398 g/mol. The van der Waals surface area contributed by atoms with Gasteiger partial charge in [0.1, 0.15) is 5.82 Å². The van der Waals surface area contributed by atoms with Crippen LogP contribution in [-0.4, -0.2) is 51.4 Å². The van der Waals surface area contributed by atoms with E-state index in [9.17, 15) is 14.0 Å². The van der Waals surface area contributed by atoms with E-state index in [1.165, 1.54) is 25.0 Å². The molecule has 0 spiro atoms. The number of rotatable bonds is 5. The van der Waals surface area contributed by atoms with Gasteiger partial charge in [0.25, 0.3) is 0 Å². The molecule has 6 nitrogen and oxygen atoms in total. The van der Waals surface area contributed by atoms with Crippen molar-refractivity contribution in [3.63, 3.8) is 0 Å². The van der Waals surface area contributed by atoms with Crippen LogP contribution in [0.1, 0.15) is 44.1 Å². The molecule has 1 saturated heterocycles. The Hall–Kier alpha value is -2.70. The third-order valence-corrected chi connectivity index (χ3v) is 6.19. The van der Waals surface area contributed by atoms with E-state index >= 15 is 0 Å². The Bertz CT molecular complexity index is 873. The fourth-order valence-electron chi connectivity index (χ4n) is 4.58. The quantitative estimate of drug-likeness (QED) is 0.840. The summed E-state index contributed by atoms with van der Waals surface area (Å²) in [5.41, 5.74) is 2.50. The number of H-pyrrole nitrogens is 1. The lowest BCUT2D eigenvalue weighted by molar-refractivity contribution is -0.144. The number of amides is 2. The summed E-state index contributed by atoms with van der Waals surface area (Å²) in [4.78, 5) is 29.1. The number of hydrogen-bond donors (Lipinski definition) is 1. The van der Waals surface area contributed by atoms with Crippen molar-refractivity contribution in [2.24, 2.45) is 5.92 Å². The minimum atomic E-state index is -0.291.